The third-order valence-electron chi connectivity index (χ3n) is 1.91. The van der Waals surface area contributed by atoms with Gasteiger partial charge in [0.2, 0.25) is 0 Å². The van der Waals surface area contributed by atoms with E-state index in [0.29, 0.717) is 6.42 Å². The smallest absolute Gasteiger partial charge is 0.404 e. The van der Waals surface area contributed by atoms with Crippen molar-refractivity contribution >= 4 is 7.82 Å². The number of phosphoric ester groups is 1. The SMILES string of the molecule is CC(C)(C)Cc1ccccc1OP(=O)(O)O. The van der Waals surface area contributed by atoms with E-state index in [-0.39, 0.29) is 11.2 Å². The van der Waals surface area contributed by atoms with Gasteiger partial charge in [0.1, 0.15) is 5.75 Å². The molecule has 0 aliphatic heterocycles. The molecule has 0 radical (unpaired) electrons. The summed E-state index contributed by atoms with van der Waals surface area (Å²) in [6.45, 7) is 6.17. The van der Waals surface area contributed by atoms with Crippen molar-refractivity contribution in [1.82, 2.24) is 0 Å². The fraction of sp³-hybridized carbons (Fsp3) is 0.455. The highest BCUT2D eigenvalue weighted by atomic mass is 31.2. The second-order valence-electron chi connectivity index (χ2n) is 4.93. The van der Waals surface area contributed by atoms with E-state index in [1.165, 1.54) is 0 Å². The van der Waals surface area contributed by atoms with Gasteiger partial charge < -0.3 is 4.52 Å². The van der Waals surface area contributed by atoms with Crippen LogP contribution in [0.1, 0.15) is 26.3 Å². The van der Waals surface area contributed by atoms with E-state index in [2.05, 4.69) is 25.3 Å². The number of phosphoric acid groups is 1. The van der Waals surface area contributed by atoms with Crippen LogP contribution < -0.4 is 4.52 Å². The molecule has 0 fully saturated rings. The van der Waals surface area contributed by atoms with Crippen LogP contribution in [0.4, 0.5) is 0 Å². The Morgan fingerprint density at radius 2 is 1.81 bits per heavy atom. The topological polar surface area (TPSA) is 66.8 Å². The average molecular weight is 244 g/mol. The lowest BCUT2D eigenvalue weighted by atomic mass is 9.88. The van der Waals surface area contributed by atoms with Gasteiger partial charge in [-0.3, -0.25) is 9.79 Å². The first-order chi connectivity index (χ1) is 7.17. The van der Waals surface area contributed by atoms with E-state index in [4.69, 9.17) is 9.79 Å². The minimum absolute atomic E-state index is 0.0361. The summed E-state index contributed by atoms with van der Waals surface area (Å²) in [6.07, 6.45) is 0.698. The lowest BCUT2D eigenvalue weighted by Gasteiger charge is -2.20. The van der Waals surface area contributed by atoms with Crippen LogP contribution >= 0.6 is 7.82 Å². The molecular formula is C11H17O4P. The van der Waals surface area contributed by atoms with Crippen LogP contribution in [0.25, 0.3) is 0 Å². The minimum Gasteiger partial charge on any atom is -0.404 e. The van der Waals surface area contributed by atoms with Gasteiger partial charge in [-0.25, -0.2) is 4.57 Å². The average Bonchev–Trinajstić information content (AvgIpc) is 2.03. The number of rotatable bonds is 3. The van der Waals surface area contributed by atoms with Crippen molar-refractivity contribution in [3.63, 3.8) is 0 Å². The summed E-state index contributed by atoms with van der Waals surface area (Å²) in [5, 5.41) is 0. The maximum Gasteiger partial charge on any atom is 0.524 e. The quantitative estimate of drug-likeness (QED) is 0.802. The molecule has 0 spiro atoms. The molecule has 0 aromatic heterocycles. The van der Waals surface area contributed by atoms with E-state index in [0.717, 1.165) is 5.56 Å². The van der Waals surface area contributed by atoms with Crippen LogP contribution in [0, 0.1) is 5.41 Å². The highest BCUT2D eigenvalue weighted by Gasteiger charge is 2.20. The summed E-state index contributed by atoms with van der Waals surface area (Å²) in [5.41, 5.74) is 0.840. The van der Waals surface area contributed by atoms with Crippen molar-refractivity contribution in [3.05, 3.63) is 29.8 Å². The highest BCUT2D eigenvalue weighted by molar-refractivity contribution is 7.46. The summed E-state index contributed by atoms with van der Waals surface area (Å²) < 4.78 is 15.4. The zero-order chi connectivity index (χ0) is 12.4. The van der Waals surface area contributed by atoms with Gasteiger partial charge >= 0.3 is 7.82 Å². The van der Waals surface area contributed by atoms with Crippen LogP contribution in [0.15, 0.2) is 24.3 Å². The Morgan fingerprint density at radius 3 is 2.31 bits per heavy atom. The fourth-order valence-corrected chi connectivity index (χ4v) is 1.87. The molecule has 0 saturated carbocycles. The molecule has 1 rings (SSSR count). The van der Waals surface area contributed by atoms with Crippen molar-refractivity contribution < 1.29 is 18.9 Å². The normalized spacial score (nSPS) is 12.6. The molecule has 90 valence electrons. The van der Waals surface area contributed by atoms with E-state index < -0.39 is 7.82 Å². The molecule has 1 aromatic carbocycles. The molecule has 5 heteroatoms. The van der Waals surface area contributed by atoms with Gasteiger partial charge in [0, 0.05) is 0 Å². The third kappa shape index (κ3) is 4.79. The lowest BCUT2D eigenvalue weighted by Crippen LogP contribution is -2.10. The Labute approximate surface area is 95.5 Å². The van der Waals surface area contributed by atoms with Crippen molar-refractivity contribution in [3.8, 4) is 5.75 Å². The Morgan fingerprint density at radius 1 is 1.25 bits per heavy atom. The Kier molecular flexibility index (Phi) is 3.79. The maximum absolute atomic E-state index is 10.8. The maximum atomic E-state index is 10.8. The monoisotopic (exact) mass is 244 g/mol. The van der Waals surface area contributed by atoms with Gasteiger partial charge in [0.25, 0.3) is 0 Å². The van der Waals surface area contributed by atoms with E-state index >= 15 is 0 Å². The van der Waals surface area contributed by atoms with Crippen molar-refractivity contribution in [1.29, 1.82) is 0 Å². The van der Waals surface area contributed by atoms with Crippen molar-refractivity contribution in [2.24, 2.45) is 5.41 Å². The Bertz CT molecular complexity index is 403. The van der Waals surface area contributed by atoms with Gasteiger partial charge in [-0.2, -0.15) is 0 Å². The third-order valence-corrected chi connectivity index (χ3v) is 2.35. The van der Waals surface area contributed by atoms with E-state index in [9.17, 15) is 4.57 Å². The van der Waals surface area contributed by atoms with Crippen LogP contribution in [0.5, 0.6) is 5.75 Å². The van der Waals surface area contributed by atoms with Gasteiger partial charge in [-0.1, -0.05) is 39.0 Å². The minimum atomic E-state index is -4.48. The first-order valence-electron chi connectivity index (χ1n) is 5.00. The molecule has 0 saturated heterocycles. The second kappa shape index (κ2) is 4.58. The fourth-order valence-electron chi connectivity index (χ4n) is 1.44. The summed E-state index contributed by atoms with van der Waals surface area (Å²) in [4.78, 5) is 17.6. The van der Waals surface area contributed by atoms with E-state index in [1.807, 2.05) is 12.1 Å². The summed E-state index contributed by atoms with van der Waals surface area (Å²) in [7, 11) is -4.48. The summed E-state index contributed by atoms with van der Waals surface area (Å²) in [6, 6.07) is 6.90. The summed E-state index contributed by atoms with van der Waals surface area (Å²) in [5.74, 6) is 0.255. The predicted octanol–water partition coefficient (Wildman–Crippen LogP) is 2.75. The molecule has 1 aromatic rings. The molecular weight excluding hydrogens is 227 g/mol. The first-order valence-corrected chi connectivity index (χ1v) is 6.53. The van der Waals surface area contributed by atoms with Gasteiger partial charge in [-0.15, -0.1) is 0 Å². The van der Waals surface area contributed by atoms with Crippen molar-refractivity contribution in [2.75, 3.05) is 0 Å². The van der Waals surface area contributed by atoms with E-state index in [1.54, 1.807) is 12.1 Å². The molecule has 0 bridgehead atoms. The Balaban J connectivity index is 2.97. The van der Waals surface area contributed by atoms with Crippen LogP contribution in [-0.4, -0.2) is 9.79 Å². The molecule has 0 aliphatic rings. The first kappa shape index (κ1) is 13.2. The van der Waals surface area contributed by atoms with Crippen LogP contribution in [0.2, 0.25) is 0 Å². The number of hydrogen-bond acceptors (Lipinski definition) is 2. The lowest BCUT2D eigenvalue weighted by molar-refractivity contribution is 0.280. The zero-order valence-electron chi connectivity index (χ0n) is 9.67. The molecule has 0 heterocycles. The predicted molar refractivity (Wildman–Crippen MR) is 62.3 cm³/mol. The molecule has 0 aliphatic carbocycles. The van der Waals surface area contributed by atoms with Gasteiger partial charge in [0.15, 0.2) is 0 Å². The van der Waals surface area contributed by atoms with Crippen LogP contribution in [-0.2, 0) is 11.0 Å². The molecule has 2 N–H and O–H groups in total. The number of benzene rings is 1. The molecule has 0 unspecified atom stereocenters. The standard InChI is InChI=1S/C11H17O4P/c1-11(2,3)8-9-6-4-5-7-10(9)15-16(12,13)14/h4-7H,8H2,1-3H3,(H2,12,13,14). The molecule has 0 atom stereocenters. The zero-order valence-corrected chi connectivity index (χ0v) is 10.6. The number of para-hydroxylation sites is 1. The number of hydrogen-bond donors (Lipinski definition) is 2. The molecule has 4 nitrogen and oxygen atoms in total. The molecule has 16 heavy (non-hydrogen) atoms. The largest absolute Gasteiger partial charge is 0.524 e. The second-order valence-corrected chi connectivity index (χ2v) is 6.09. The Hall–Kier alpha value is -0.830. The highest BCUT2D eigenvalue weighted by Crippen LogP contribution is 2.40. The van der Waals surface area contributed by atoms with Gasteiger partial charge in [-0.05, 0) is 23.5 Å². The summed E-state index contributed by atoms with van der Waals surface area (Å²) >= 11 is 0. The van der Waals surface area contributed by atoms with Crippen LogP contribution in [0.3, 0.4) is 0 Å². The molecule has 0 amide bonds. The van der Waals surface area contributed by atoms with Crippen molar-refractivity contribution in [2.45, 2.75) is 27.2 Å². The van der Waals surface area contributed by atoms with Gasteiger partial charge in [0.05, 0.1) is 0 Å².